The third-order valence-electron chi connectivity index (χ3n) is 3.08. The van der Waals surface area contributed by atoms with Gasteiger partial charge in [0.05, 0.1) is 28.6 Å². The van der Waals surface area contributed by atoms with E-state index in [4.69, 9.17) is 20.9 Å². The summed E-state index contributed by atoms with van der Waals surface area (Å²) in [5.74, 6) is -0.486. The lowest BCUT2D eigenvalue weighted by atomic mass is 10.1. The van der Waals surface area contributed by atoms with Gasteiger partial charge in [0.25, 0.3) is 11.3 Å². The molecule has 0 amide bonds. The van der Waals surface area contributed by atoms with E-state index in [9.17, 15) is 9.00 Å². The summed E-state index contributed by atoms with van der Waals surface area (Å²) < 4.78 is 27.5. The Hall–Kier alpha value is -1.31. The van der Waals surface area contributed by atoms with Crippen molar-refractivity contribution in [3.05, 3.63) is 22.7 Å². The predicted octanol–water partition coefficient (Wildman–Crippen LogP) is 4.06. The number of hydrogen-bond acceptors (Lipinski definition) is 4. The topological polar surface area (TPSA) is 87.7 Å². The summed E-state index contributed by atoms with van der Waals surface area (Å²) in [5, 5.41) is 3.39. The summed E-state index contributed by atoms with van der Waals surface area (Å²) in [4.78, 5) is 12.1. The SMILES string of the molecule is CCCCNc1cc(C(=O)OCCCC)cc(NS(=O)O)c1Cl. The lowest BCUT2D eigenvalue weighted by Gasteiger charge is -2.14. The summed E-state index contributed by atoms with van der Waals surface area (Å²) in [7, 11) is 0. The molecule has 1 aromatic carbocycles. The average molecular weight is 363 g/mol. The molecule has 0 bridgehead atoms. The summed E-state index contributed by atoms with van der Waals surface area (Å²) in [6, 6.07) is 3.01. The molecule has 0 saturated carbocycles. The number of anilines is 2. The Kier molecular flexibility index (Phi) is 8.98. The van der Waals surface area contributed by atoms with Crippen LogP contribution in [0.1, 0.15) is 49.9 Å². The fraction of sp³-hybridized carbons (Fsp3) is 0.533. The lowest BCUT2D eigenvalue weighted by molar-refractivity contribution is 0.0500. The van der Waals surface area contributed by atoms with Crippen LogP contribution >= 0.6 is 11.6 Å². The van der Waals surface area contributed by atoms with Crippen LogP contribution in [0.25, 0.3) is 0 Å². The van der Waals surface area contributed by atoms with Crippen LogP contribution in [0.3, 0.4) is 0 Å². The van der Waals surface area contributed by atoms with E-state index in [0.29, 0.717) is 18.8 Å². The van der Waals surface area contributed by atoms with Crippen LogP contribution < -0.4 is 10.0 Å². The summed E-state index contributed by atoms with van der Waals surface area (Å²) in [5.41, 5.74) is 1.01. The number of ether oxygens (including phenoxy) is 1. The first-order chi connectivity index (χ1) is 11.0. The molecule has 0 aliphatic carbocycles. The minimum atomic E-state index is -2.29. The van der Waals surface area contributed by atoms with Crippen molar-refractivity contribution in [1.29, 1.82) is 0 Å². The highest BCUT2D eigenvalue weighted by Gasteiger charge is 2.15. The molecule has 8 heteroatoms. The highest BCUT2D eigenvalue weighted by molar-refractivity contribution is 7.80. The van der Waals surface area contributed by atoms with E-state index in [2.05, 4.69) is 17.0 Å². The van der Waals surface area contributed by atoms with Gasteiger partial charge in [-0.25, -0.2) is 9.00 Å². The second kappa shape index (κ2) is 10.5. The number of halogens is 1. The zero-order valence-corrected chi connectivity index (χ0v) is 14.9. The van der Waals surface area contributed by atoms with Gasteiger partial charge in [-0.1, -0.05) is 38.3 Å². The van der Waals surface area contributed by atoms with Crippen molar-refractivity contribution in [2.24, 2.45) is 0 Å². The normalized spacial score (nSPS) is 11.8. The molecule has 6 nitrogen and oxygen atoms in total. The number of nitrogens with one attached hydrogen (secondary N) is 2. The van der Waals surface area contributed by atoms with Crippen LogP contribution in [0.4, 0.5) is 11.4 Å². The highest BCUT2D eigenvalue weighted by Crippen LogP contribution is 2.32. The van der Waals surface area contributed by atoms with Gasteiger partial charge in [0.15, 0.2) is 0 Å². The monoisotopic (exact) mass is 362 g/mol. The lowest BCUT2D eigenvalue weighted by Crippen LogP contribution is -2.11. The zero-order chi connectivity index (χ0) is 17.2. The van der Waals surface area contributed by atoms with Gasteiger partial charge in [-0.05, 0) is 25.0 Å². The van der Waals surface area contributed by atoms with Crippen molar-refractivity contribution in [1.82, 2.24) is 0 Å². The van der Waals surface area contributed by atoms with Crippen LogP contribution in [0, 0.1) is 0 Å². The van der Waals surface area contributed by atoms with Crippen molar-refractivity contribution < 1.29 is 18.3 Å². The molecule has 0 radical (unpaired) electrons. The number of esters is 1. The first-order valence-electron chi connectivity index (χ1n) is 7.61. The van der Waals surface area contributed by atoms with Gasteiger partial charge in [0.2, 0.25) is 0 Å². The Labute approximate surface area is 144 Å². The maximum absolute atomic E-state index is 12.1. The van der Waals surface area contributed by atoms with Crippen molar-refractivity contribution in [3.63, 3.8) is 0 Å². The first kappa shape index (κ1) is 19.7. The maximum atomic E-state index is 12.1. The fourth-order valence-electron chi connectivity index (χ4n) is 1.83. The summed E-state index contributed by atoms with van der Waals surface area (Å²) in [6.07, 6.45) is 3.66. The number of benzene rings is 1. The summed E-state index contributed by atoms with van der Waals surface area (Å²) >= 11 is 3.93. The molecule has 0 spiro atoms. The van der Waals surface area contributed by atoms with Crippen LogP contribution in [-0.4, -0.2) is 27.9 Å². The number of carbonyl (C=O) groups excluding carboxylic acids is 1. The van der Waals surface area contributed by atoms with E-state index in [1.165, 1.54) is 6.07 Å². The van der Waals surface area contributed by atoms with Gasteiger partial charge in [-0.3, -0.25) is 9.27 Å². The molecule has 1 rings (SSSR count). The van der Waals surface area contributed by atoms with Crippen molar-refractivity contribution in [2.75, 3.05) is 23.2 Å². The second-order valence-corrected chi connectivity index (χ2v) is 6.09. The van der Waals surface area contributed by atoms with Gasteiger partial charge in [0, 0.05) is 6.54 Å². The molecular weight excluding hydrogens is 340 g/mol. The van der Waals surface area contributed by atoms with Crippen LogP contribution in [-0.2, 0) is 16.0 Å². The molecule has 1 aromatic rings. The molecule has 23 heavy (non-hydrogen) atoms. The Balaban J connectivity index is 3.01. The van der Waals surface area contributed by atoms with Crippen LogP contribution in [0.15, 0.2) is 12.1 Å². The zero-order valence-electron chi connectivity index (χ0n) is 13.4. The molecule has 130 valence electrons. The molecule has 3 N–H and O–H groups in total. The summed E-state index contributed by atoms with van der Waals surface area (Å²) in [6.45, 7) is 5.09. The standard InChI is InChI=1S/C15H23ClN2O4S/c1-3-5-7-17-12-9-11(15(19)22-8-6-4-2)10-13(14(12)16)18-23(20)21/h9-10,17-18H,3-8H2,1-2H3,(H,20,21). The second-order valence-electron chi connectivity index (χ2n) is 5.01. The Morgan fingerprint density at radius 1 is 1.26 bits per heavy atom. The van der Waals surface area contributed by atoms with E-state index in [-0.39, 0.29) is 16.3 Å². The van der Waals surface area contributed by atoms with E-state index in [0.717, 1.165) is 25.7 Å². The quantitative estimate of drug-likeness (QED) is 0.332. The maximum Gasteiger partial charge on any atom is 0.338 e. The number of carbonyl (C=O) groups is 1. The molecule has 0 aliphatic heterocycles. The van der Waals surface area contributed by atoms with Gasteiger partial charge >= 0.3 is 5.97 Å². The predicted molar refractivity (Wildman–Crippen MR) is 94.4 cm³/mol. The van der Waals surface area contributed by atoms with Gasteiger partial charge < -0.3 is 10.1 Å². The van der Waals surface area contributed by atoms with E-state index in [1.54, 1.807) is 6.07 Å². The minimum absolute atomic E-state index is 0.205. The molecule has 0 saturated heterocycles. The number of unbranched alkanes of at least 4 members (excludes halogenated alkanes) is 2. The van der Waals surface area contributed by atoms with Crippen LogP contribution in [0.2, 0.25) is 5.02 Å². The van der Waals surface area contributed by atoms with Gasteiger partial charge in [-0.15, -0.1) is 0 Å². The minimum Gasteiger partial charge on any atom is -0.462 e. The molecular formula is C15H23ClN2O4S. The van der Waals surface area contributed by atoms with E-state index < -0.39 is 17.2 Å². The molecule has 0 aromatic heterocycles. The van der Waals surface area contributed by atoms with Gasteiger partial charge in [0.1, 0.15) is 0 Å². The molecule has 0 aliphatic rings. The average Bonchev–Trinajstić information content (AvgIpc) is 2.50. The highest BCUT2D eigenvalue weighted by atomic mass is 35.5. The van der Waals surface area contributed by atoms with E-state index >= 15 is 0 Å². The molecule has 0 heterocycles. The molecule has 0 fully saturated rings. The smallest absolute Gasteiger partial charge is 0.338 e. The first-order valence-corrected chi connectivity index (χ1v) is 9.10. The van der Waals surface area contributed by atoms with E-state index in [1.807, 2.05) is 6.92 Å². The molecule has 1 atom stereocenters. The number of rotatable bonds is 10. The van der Waals surface area contributed by atoms with Crippen molar-refractivity contribution in [3.8, 4) is 0 Å². The third kappa shape index (κ3) is 6.76. The van der Waals surface area contributed by atoms with Crippen molar-refractivity contribution >= 4 is 40.2 Å². The molecule has 1 unspecified atom stereocenters. The van der Waals surface area contributed by atoms with Crippen LogP contribution in [0.5, 0.6) is 0 Å². The Morgan fingerprint density at radius 3 is 2.52 bits per heavy atom. The third-order valence-corrected chi connectivity index (χ3v) is 3.88. The Bertz CT molecular complexity index is 555. The Morgan fingerprint density at radius 2 is 1.91 bits per heavy atom. The largest absolute Gasteiger partial charge is 0.462 e. The van der Waals surface area contributed by atoms with Gasteiger partial charge in [-0.2, -0.15) is 0 Å². The number of hydrogen-bond donors (Lipinski definition) is 3. The fourth-order valence-corrected chi connectivity index (χ4v) is 2.46. The van der Waals surface area contributed by atoms with Crippen molar-refractivity contribution in [2.45, 2.75) is 39.5 Å².